The first kappa shape index (κ1) is 12.5. The molecule has 0 aliphatic heterocycles. The maximum Gasteiger partial charge on any atom is 0.358 e. The predicted molar refractivity (Wildman–Crippen MR) is 62.7 cm³/mol. The third-order valence-electron chi connectivity index (χ3n) is 2.44. The van der Waals surface area contributed by atoms with Gasteiger partial charge in [-0.3, -0.25) is 0 Å². The Bertz CT molecular complexity index is 612. The molecule has 0 aliphatic carbocycles. The molecule has 0 saturated heterocycles. The third kappa shape index (κ3) is 2.06. The third-order valence-corrected chi connectivity index (χ3v) is 2.67. The van der Waals surface area contributed by atoms with Gasteiger partial charge in [0.2, 0.25) is 0 Å². The van der Waals surface area contributed by atoms with E-state index in [0.717, 1.165) is 4.68 Å². The summed E-state index contributed by atoms with van der Waals surface area (Å²) in [6.07, 6.45) is 0.362. The number of aromatic nitrogens is 3. The lowest BCUT2D eigenvalue weighted by Gasteiger charge is -2.06. The van der Waals surface area contributed by atoms with Crippen molar-refractivity contribution >= 4 is 17.6 Å². The van der Waals surface area contributed by atoms with E-state index in [1.165, 1.54) is 18.2 Å². The fraction of sp³-hybridized carbons (Fsp3) is 0.182. The molecule has 5 nitrogen and oxygen atoms in total. The van der Waals surface area contributed by atoms with Crippen LogP contribution in [0.15, 0.2) is 18.2 Å². The Morgan fingerprint density at radius 2 is 2.28 bits per heavy atom. The van der Waals surface area contributed by atoms with Crippen molar-refractivity contribution in [3.05, 3.63) is 40.4 Å². The van der Waals surface area contributed by atoms with Crippen LogP contribution in [0.5, 0.6) is 0 Å². The maximum atomic E-state index is 13.7. The lowest BCUT2D eigenvalue weighted by molar-refractivity contribution is 0.0689. The molecule has 1 heterocycles. The predicted octanol–water partition coefficient (Wildman–Crippen LogP) is 2.32. The van der Waals surface area contributed by atoms with Gasteiger partial charge in [0.05, 0.1) is 5.69 Å². The number of hydrogen-bond donors (Lipinski definition) is 1. The van der Waals surface area contributed by atoms with E-state index in [1.54, 1.807) is 6.92 Å². The monoisotopic (exact) mass is 269 g/mol. The van der Waals surface area contributed by atoms with Crippen LogP contribution in [0.4, 0.5) is 4.39 Å². The summed E-state index contributed by atoms with van der Waals surface area (Å²) in [5.41, 5.74) is 0.222. The summed E-state index contributed by atoms with van der Waals surface area (Å²) in [7, 11) is 0. The van der Waals surface area contributed by atoms with E-state index in [2.05, 4.69) is 10.3 Å². The summed E-state index contributed by atoms with van der Waals surface area (Å²) < 4.78 is 14.8. The Kier molecular flexibility index (Phi) is 3.29. The van der Waals surface area contributed by atoms with Crippen molar-refractivity contribution in [1.82, 2.24) is 15.0 Å². The summed E-state index contributed by atoms with van der Waals surface area (Å²) in [6, 6.07) is 3.97. The number of hydrogen-bond acceptors (Lipinski definition) is 3. The average Bonchev–Trinajstić information content (AvgIpc) is 2.75. The van der Waals surface area contributed by atoms with Gasteiger partial charge in [-0.25, -0.2) is 13.9 Å². The van der Waals surface area contributed by atoms with Gasteiger partial charge in [-0.05, 0) is 24.6 Å². The van der Waals surface area contributed by atoms with E-state index in [-0.39, 0.29) is 11.4 Å². The summed E-state index contributed by atoms with van der Waals surface area (Å²) >= 11 is 5.79. The highest BCUT2D eigenvalue weighted by atomic mass is 35.5. The van der Waals surface area contributed by atoms with E-state index >= 15 is 0 Å². The molecule has 0 atom stereocenters. The molecule has 0 spiro atoms. The van der Waals surface area contributed by atoms with Crippen LogP contribution >= 0.6 is 11.6 Å². The van der Waals surface area contributed by atoms with Gasteiger partial charge >= 0.3 is 5.97 Å². The molecule has 18 heavy (non-hydrogen) atoms. The molecule has 0 radical (unpaired) electrons. The Morgan fingerprint density at radius 3 is 2.89 bits per heavy atom. The van der Waals surface area contributed by atoms with Crippen molar-refractivity contribution < 1.29 is 14.3 Å². The second-order valence-electron chi connectivity index (χ2n) is 3.55. The van der Waals surface area contributed by atoms with Crippen molar-refractivity contribution in [3.8, 4) is 5.69 Å². The smallest absolute Gasteiger partial charge is 0.358 e. The highest BCUT2D eigenvalue weighted by Gasteiger charge is 2.20. The number of rotatable bonds is 3. The van der Waals surface area contributed by atoms with Gasteiger partial charge in [0, 0.05) is 5.02 Å². The maximum absolute atomic E-state index is 13.7. The molecule has 0 saturated carbocycles. The van der Waals surface area contributed by atoms with E-state index in [4.69, 9.17) is 16.7 Å². The molecule has 1 N–H and O–H groups in total. The first-order valence-electron chi connectivity index (χ1n) is 5.18. The van der Waals surface area contributed by atoms with Crippen molar-refractivity contribution in [3.63, 3.8) is 0 Å². The molecule has 94 valence electrons. The zero-order valence-electron chi connectivity index (χ0n) is 9.39. The molecule has 0 fully saturated rings. The number of benzene rings is 1. The molecule has 7 heteroatoms. The molecular weight excluding hydrogens is 261 g/mol. The van der Waals surface area contributed by atoms with Crippen LogP contribution in [-0.2, 0) is 6.42 Å². The first-order chi connectivity index (χ1) is 8.54. The Hall–Kier alpha value is -1.95. The number of carbonyl (C=O) groups is 1. The molecule has 0 unspecified atom stereocenters. The highest BCUT2D eigenvalue weighted by molar-refractivity contribution is 6.30. The zero-order chi connectivity index (χ0) is 13.3. The van der Waals surface area contributed by atoms with Gasteiger partial charge in [-0.15, -0.1) is 5.10 Å². The van der Waals surface area contributed by atoms with Crippen LogP contribution in [0.2, 0.25) is 5.02 Å². The average molecular weight is 270 g/mol. The van der Waals surface area contributed by atoms with Crippen LogP contribution in [0.1, 0.15) is 23.1 Å². The quantitative estimate of drug-likeness (QED) is 0.928. The van der Waals surface area contributed by atoms with Crippen LogP contribution in [-0.4, -0.2) is 26.1 Å². The molecule has 1 aromatic heterocycles. The summed E-state index contributed by atoms with van der Waals surface area (Å²) in [5.74, 6) is -1.74. The van der Waals surface area contributed by atoms with Crippen molar-refractivity contribution in [1.29, 1.82) is 0 Å². The van der Waals surface area contributed by atoms with Gasteiger partial charge in [0.1, 0.15) is 11.5 Å². The first-order valence-corrected chi connectivity index (χ1v) is 5.55. The molecule has 0 amide bonds. The minimum absolute atomic E-state index is 0.0827. The number of carboxylic acids is 1. The number of halogens is 2. The molecular formula is C11H9ClFN3O2. The fourth-order valence-corrected chi connectivity index (χ4v) is 1.79. The van der Waals surface area contributed by atoms with Crippen molar-refractivity contribution in [2.75, 3.05) is 0 Å². The molecule has 0 bridgehead atoms. The van der Waals surface area contributed by atoms with Gasteiger partial charge in [-0.1, -0.05) is 23.7 Å². The van der Waals surface area contributed by atoms with Gasteiger partial charge in [0.25, 0.3) is 0 Å². The minimum Gasteiger partial charge on any atom is -0.476 e. The lowest BCUT2D eigenvalue weighted by atomic mass is 10.2. The number of aromatic carboxylic acids is 1. The SMILES string of the molecule is CCc1c(C(=O)O)nnn1-c1cc(Cl)ccc1F. The fourth-order valence-electron chi connectivity index (χ4n) is 1.63. The molecule has 2 aromatic rings. The second-order valence-corrected chi connectivity index (χ2v) is 3.99. The largest absolute Gasteiger partial charge is 0.476 e. The van der Waals surface area contributed by atoms with Crippen LogP contribution in [0, 0.1) is 5.82 Å². The highest BCUT2D eigenvalue weighted by Crippen LogP contribution is 2.21. The summed E-state index contributed by atoms with van der Waals surface area (Å²) in [5, 5.41) is 16.5. The van der Waals surface area contributed by atoms with E-state index in [1.807, 2.05) is 0 Å². The van der Waals surface area contributed by atoms with Crippen molar-refractivity contribution in [2.45, 2.75) is 13.3 Å². The van der Waals surface area contributed by atoms with E-state index in [0.29, 0.717) is 17.1 Å². The number of carboxylic acid groups (broad SMARTS) is 1. The standard InChI is InChI=1S/C11H9ClFN3O2/c1-2-8-10(11(17)18)14-15-16(8)9-5-6(12)3-4-7(9)13/h3-5H,2H2,1H3,(H,17,18). The molecule has 0 aliphatic rings. The molecule has 1 aromatic carbocycles. The Morgan fingerprint density at radius 1 is 1.56 bits per heavy atom. The minimum atomic E-state index is -1.19. The number of nitrogens with zero attached hydrogens (tertiary/aromatic N) is 3. The van der Waals surface area contributed by atoms with Crippen LogP contribution in [0.25, 0.3) is 5.69 Å². The summed E-state index contributed by atoms with van der Waals surface area (Å²) in [4.78, 5) is 10.9. The molecule has 2 rings (SSSR count). The Labute approximate surface area is 107 Å². The van der Waals surface area contributed by atoms with E-state index < -0.39 is 11.8 Å². The summed E-state index contributed by atoms with van der Waals surface area (Å²) in [6.45, 7) is 1.74. The normalized spacial score (nSPS) is 10.6. The zero-order valence-corrected chi connectivity index (χ0v) is 10.1. The van der Waals surface area contributed by atoms with E-state index in [9.17, 15) is 9.18 Å². The lowest BCUT2D eigenvalue weighted by Crippen LogP contribution is -2.07. The second kappa shape index (κ2) is 4.73. The van der Waals surface area contributed by atoms with Crippen LogP contribution < -0.4 is 0 Å². The van der Waals surface area contributed by atoms with Gasteiger partial charge in [-0.2, -0.15) is 0 Å². The topological polar surface area (TPSA) is 68.0 Å². The van der Waals surface area contributed by atoms with Crippen LogP contribution in [0.3, 0.4) is 0 Å². The Balaban J connectivity index is 2.64. The van der Waals surface area contributed by atoms with Gasteiger partial charge < -0.3 is 5.11 Å². The van der Waals surface area contributed by atoms with Gasteiger partial charge in [0.15, 0.2) is 5.69 Å². The van der Waals surface area contributed by atoms with Crippen molar-refractivity contribution in [2.24, 2.45) is 0 Å².